The van der Waals surface area contributed by atoms with E-state index in [9.17, 15) is 9.59 Å². The van der Waals surface area contributed by atoms with Crippen molar-refractivity contribution in [2.75, 3.05) is 20.2 Å². The lowest BCUT2D eigenvalue weighted by Gasteiger charge is -2.15. The van der Waals surface area contributed by atoms with Gasteiger partial charge in [-0.15, -0.1) is 0 Å². The Kier molecular flexibility index (Phi) is 6.82. The van der Waals surface area contributed by atoms with Crippen LogP contribution >= 0.6 is 0 Å². The minimum absolute atomic E-state index is 0.00561. The fourth-order valence-electron chi connectivity index (χ4n) is 2.62. The number of carbonyl (C=O) groups is 2. The number of aromatic nitrogens is 2. The highest BCUT2D eigenvalue weighted by molar-refractivity contribution is 5.87. The second-order valence-corrected chi connectivity index (χ2v) is 5.41. The summed E-state index contributed by atoms with van der Waals surface area (Å²) in [6.45, 7) is 5.04. The Labute approximate surface area is 147 Å². The van der Waals surface area contributed by atoms with Crippen LogP contribution in [0.25, 0.3) is 11.0 Å². The van der Waals surface area contributed by atoms with E-state index >= 15 is 0 Å². The Bertz CT molecular complexity index is 735. The molecule has 0 saturated carbocycles. The molecule has 3 heterocycles. The van der Waals surface area contributed by atoms with Gasteiger partial charge in [-0.2, -0.15) is 0 Å². The number of nitrogens with zero attached hydrogens (tertiary/aromatic N) is 3. The summed E-state index contributed by atoms with van der Waals surface area (Å²) in [5, 5.41) is 4.18. The van der Waals surface area contributed by atoms with E-state index in [-0.39, 0.29) is 18.5 Å². The maximum absolute atomic E-state index is 12.2. The first-order valence-electron chi connectivity index (χ1n) is 8.47. The Balaban J connectivity index is 0.00000109. The summed E-state index contributed by atoms with van der Waals surface area (Å²) in [5.74, 6) is -0.476. The maximum Gasteiger partial charge on any atom is 0.325 e. The number of carbonyl (C=O) groups excluding carboxylic acids is 2. The first kappa shape index (κ1) is 18.8. The summed E-state index contributed by atoms with van der Waals surface area (Å²) < 4.78 is 4.60. The van der Waals surface area contributed by atoms with E-state index in [4.69, 9.17) is 0 Å². The van der Waals surface area contributed by atoms with Crippen molar-refractivity contribution in [1.29, 1.82) is 0 Å². The second kappa shape index (κ2) is 9.08. The summed E-state index contributed by atoms with van der Waals surface area (Å²) in [6, 6.07) is 7.42. The van der Waals surface area contributed by atoms with Crippen molar-refractivity contribution in [3.05, 3.63) is 36.2 Å². The molecule has 1 aliphatic heterocycles. The zero-order valence-electron chi connectivity index (χ0n) is 14.9. The van der Waals surface area contributed by atoms with Gasteiger partial charge in [-0.05, 0) is 30.7 Å². The van der Waals surface area contributed by atoms with Gasteiger partial charge >= 0.3 is 5.97 Å². The smallest absolute Gasteiger partial charge is 0.325 e. The van der Waals surface area contributed by atoms with Gasteiger partial charge in [-0.25, -0.2) is 9.97 Å². The fraction of sp³-hybridized carbons (Fsp3) is 0.444. The Morgan fingerprint density at radius 1 is 1.36 bits per heavy atom. The molecule has 7 heteroatoms. The fourth-order valence-corrected chi connectivity index (χ4v) is 2.62. The minimum atomic E-state index is -0.402. The average molecular weight is 344 g/mol. The summed E-state index contributed by atoms with van der Waals surface area (Å²) >= 11 is 0. The zero-order chi connectivity index (χ0) is 18.2. The number of pyridine rings is 2. The highest BCUT2D eigenvalue weighted by Crippen LogP contribution is 2.13. The quantitative estimate of drug-likeness (QED) is 0.828. The summed E-state index contributed by atoms with van der Waals surface area (Å²) in [6.07, 6.45) is 2.37. The van der Waals surface area contributed by atoms with Crippen LogP contribution in [-0.2, 0) is 20.9 Å². The SMILES string of the molecule is CC.COC(=O)CN1CC[C@H](NCc2ccc3cccnc3n2)C1=O. The lowest BCUT2D eigenvalue weighted by atomic mass is 10.2. The Morgan fingerprint density at radius 3 is 2.92 bits per heavy atom. The number of rotatable bonds is 5. The minimum Gasteiger partial charge on any atom is -0.468 e. The van der Waals surface area contributed by atoms with Crippen molar-refractivity contribution < 1.29 is 14.3 Å². The summed E-state index contributed by atoms with van der Waals surface area (Å²) in [7, 11) is 1.32. The van der Waals surface area contributed by atoms with E-state index in [1.54, 1.807) is 6.20 Å². The molecular weight excluding hydrogens is 320 g/mol. The van der Waals surface area contributed by atoms with E-state index in [2.05, 4.69) is 20.0 Å². The predicted molar refractivity (Wildman–Crippen MR) is 94.7 cm³/mol. The van der Waals surface area contributed by atoms with Crippen molar-refractivity contribution in [2.45, 2.75) is 32.9 Å². The van der Waals surface area contributed by atoms with E-state index in [0.29, 0.717) is 25.2 Å². The monoisotopic (exact) mass is 344 g/mol. The van der Waals surface area contributed by atoms with Gasteiger partial charge in [0.1, 0.15) is 6.54 Å². The first-order chi connectivity index (χ1) is 12.2. The lowest BCUT2D eigenvalue weighted by Crippen LogP contribution is -2.40. The zero-order valence-corrected chi connectivity index (χ0v) is 14.9. The average Bonchev–Trinajstić information content (AvgIpc) is 3.01. The van der Waals surface area contributed by atoms with Gasteiger partial charge in [0.15, 0.2) is 5.65 Å². The molecule has 1 N–H and O–H groups in total. The Morgan fingerprint density at radius 2 is 2.16 bits per heavy atom. The maximum atomic E-state index is 12.2. The van der Waals surface area contributed by atoms with Gasteiger partial charge in [-0.1, -0.05) is 13.8 Å². The van der Waals surface area contributed by atoms with Crippen molar-refractivity contribution in [2.24, 2.45) is 0 Å². The molecule has 25 heavy (non-hydrogen) atoms. The molecule has 2 aromatic rings. The number of fused-ring (bicyclic) bond motifs is 1. The van der Waals surface area contributed by atoms with Crippen LogP contribution in [-0.4, -0.2) is 53.0 Å². The number of hydrogen-bond acceptors (Lipinski definition) is 6. The number of methoxy groups -OCH3 is 1. The molecule has 3 rings (SSSR count). The van der Waals surface area contributed by atoms with Gasteiger partial charge in [0.2, 0.25) is 5.91 Å². The highest BCUT2D eigenvalue weighted by atomic mass is 16.5. The molecule has 1 amide bonds. The van der Waals surface area contributed by atoms with Crippen LogP contribution in [0, 0.1) is 0 Å². The van der Waals surface area contributed by atoms with Crippen molar-refractivity contribution in [3.63, 3.8) is 0 Å². The van der Waals surface area contributed by atoms with Crippen LogP contribution in [0.4, 0.5) is 0 Å². The first-order valence-corrected chi connectivity index (χ1v) is 8.47. The van der Waals surface area contributed by atoms with Gasteiger partial charge < -0.3 is 15.0 Å². The van der Waals surface area contributed by atoms with E-state index in [1.807, 2.05) is 38.1 Å². The lowest BCUT2D eigenvalue weighted by molar-refractivity contribution is -0.145. The van der Waals surface area contributed by atoms with Gasteiger partial charge in [0.25, 0.3) is 0 Å². The molecule has 0 aromatic carbocycles. The summed E-state index contributed by atoms with van der Waals surface area (Å²) in [5.41, 5.74) is 1.52. The molecule has 0 radical (unpaired) electrons. The molecule has 0 unspecified atom stereocenters. The van der Waals surface area contributed by atoms with Crippen LogP contribution in [0.3, 0.4) is 0 Å². The van der Waals surface area contributed by atoms with Crippen molar-refractivity contribution in [1.82, 2.24) is 20.2 Å². The van der Waals surface area contributed by atoms with Crippen LogP contribution in [0.1, 0.15) is 26.0 Å². The number of nitrogens with one attached hydrogen (secondary N) is 1. The molecule has 0 spiro atoms. The van der Waals surface area contributed by atoms with Gasteiger partial charge in [0.05, 0.1) is 18.8 Å². The number of esters is 1. The van der Waals surface area contributed by atoms with Gasteiger partial charge in [0, 0.05) is 24.7 Å². The molecule has 7 nitrogen and oxygen atoms in total. The molecule has 1 fully saturated rings. The third-order valence-corrected chi connectivity index (χ3v) is 3.90. The number of hydrogen-bond donors (Lipinski definition) is 1. The van der Waals surface area contributed by atoms with Gasteiger partial charge in [-0.3, -0.25) is 9.59 Å². The molecular formula is C18H24N4O3. The standard InChI is InChI=1S/C16H18N4O3.C2H6/c1-23-14(21)10-20-8-6-13(16(20)22)18-9-12-5-4-11-3-2-7-17-15(11)19-12;1-2/h2-5,7,13,18H,6,8-10H2,1H3;1-2H3/t13-;/m0./s1. The van der Waals surface area contributed by atoms with E-state index < -0.39 is 5.97 Å². The number of amides is 1. The third-order valence-electron chi connectivity index (χ3n) is 3.90. The second-order valence-electron chi connectivity index (χ2n) is 5.41. The molecule has 1 atom stereocenters. The molecule has 1 aliphatic rings. The van der Waals surface area contributed by atoms with Crippen molar-refractivity contribution >= 4 is 22.9 Å². The van der Waals surface area contributed by atoms with Crippen LogP contribution in [0.15, 0.2) is 30.5 Å². The van der Waals surface area contributed by atoms with E-state index in [1.165, 1.54) is 12.0 Å². The van der Waals surface area contributed by atoms with Crippen LogP contribution < -0.4 is 5.32 Å². The normalized spacial score (nSPS) is 16.5. The van der Waals surface area contributed by atoms with Crippen LogP contribution in [0.2, 0.25) is 0 Å². The molecule has 134 valence electrons. The molecule has 1 saturated heterocycles. The number of likely N-dealkylation sites (tertiary alicyclic amines) is 1. The van der Waals surface area contributed by atoms with Crippen molar-refractivity contribution in [3.8, 4) is 0 Å². The topological polar surface area (TPSA) is 84.4 Å². The number of ether oxygens (including phenoxy) is 1. The molecule has 0 aliphatic carbocycles. The van der Waals surface area contributed by atoms with E-state index in [0.717, 1.165) is 11.1 Å². The van der Waals surface area contributed by atoms with Crippen LogP contribution in [0.5, 0.6) is 0 Å². The Hall–Kier alpha value is -2.54. The molecule has 2 aromatic heterocycles. The third kappa shape index (κ3) is 4.73. The summed E-state index contributed by atoms with van der Waals surface area (Å²) in [4.78, 5) is 33.7. The highest BCUT2D eigenvalue weighted by Gasteiger charge is 2.32. The predicted octanol–water partition coefficient (Wildman–Crippen LogP) is 1.52. The molecule has 0 bridgehead atoms. The largest absolute Gasteiger partial charge is 0.468 e.